The Morgan fingerprint density at radius 2 is 1.82 bits per heavy atom. The molecule has 8 nitrogen and oxygen atoms in total. The largest absolute Gasteiger partial charge is 0.394 e. The van der Waals surface area contributed by atoms with E-state index in [-0.39, 0.29) is 35.2 Å². The Morgan fingerprint density at radius 3 is 2.39 bits per heavy atom. The van der Waals surface area contributed by atoms with Gasteiger partial charge < -0.3 is 15.7 Å². The van der Waals surface area contributed by atoms with Gasteiger partial charge in [0, 0.05) is 16.8 Å². The number of nitrogens with zero attached hydrogens (tertiary/aromatic N) is 1. The standard InChI is InChI=1S/C19H20ClN3O5/c1-19(2,11-24)22-17(25)9-12-3-6-14(7-4-12)21-18(26)15-10-13(20)5-8-16(15)23(27)28/h3-8,10,24H,9,11H2,1-2H3,(H,21,26)(H,22,25). The van der Waals surface area contributed by atoms with Gasteiger partial charge in [-0.25, -0.2) is 0 Å². The van der Waals surface area contributed by atoms with Crippen LogP contribution in [0.1, 0.15) is 29.8 Å². The lowest BCUT2D eigenvalue weighted by Crippen LogP contribution is -2.46. The van der Waals surface area contributed by atoms with Crippen LogP contribution >= 0.6 is 11.6 Å². The molecule has 0 radical (unpaired) electrons. The maximum atomic E-state index is 12.4. The van der Waals surface area contributed by atoms with E-state index in [9.17, 15) is 24.8 Å². The highest BCUT2D eigenvalue weighted by atomic mass is 35.5. The molecule has 2 amide bonds. The molecule has 0 bridgehead atoms. The highest BCUT2D eigenvalue weighted by molar-refractivity contribution is 6.31. The van der Waals surface area contributed by atoms with Crippen molar-refractivity contribution in [3.63, 3.8) is 0 Å². The quantitative estimate of drug-likeness (QED) is 0.483. The summed E-state index contributed by atoms with van der Waals surface area (Å²) in [5, 5.41) is 25.8. The average molecular weight is 406 g/mol. The van der Waals surface area contributed by atoms with E-state index in [1.165, 1.54) is 18.2 Å². The number of hydrogen-bond acceptors (Lipinski definition) is 5. The summed E-state index contributed by atoms with van der Waals surface area (Å²) in [5.41, 5.74) is -0.0811. The molecule has 0 saturated heterocycles. The van der Waals surface area contributed by atoms with Crippen LogP contribution in [0.4, 0.5) is 11.4 Å². The van der Waals surface area contributed by atoms with Crippen LogP contribution in [-0.2, 0) is 11.2 Å². The smallest absolute Gasteiger partial charge is 0.282 e. The Bertz CT molecular complexity index is 897. The second-order valence-corrected chi connectivity index (χ2v) is 7.27. The summed E-state index contributed by atoms with van der Waals surface area (Å²) in [6, 6.07) is 10.3. The second-order valence-electron chi connectivity index (χ2n) is 6.84. The number of halogens is 1. The summed E-state index contributed by atoms with van der Waals surface area (Å²) in [7, 11) is 0. The first-order valence-corrected chi connectivity index (χ1v) is 8.75. The van der Waals surface area contributed by atoms with Crippen molar-refractivity contribution in [2.45, 2.75) is 25.8 Å². The van der Waals surface area contributed by atoms with Crippen LogP contribution in [0.15, 0.2) is 42.5 Å². The molecular weight excluding hydrogens is 386 g/mol. The Kier molecular flexibility index (Phi) is 6.71. The molecule has 2 rings (SSSR count). The molecule has 0 spiro atoms. The summed E-state index contributed by atoms with van der Waals surface area (Å²) in [6.45, 7) is 3.23. The van der Waals surface area contributed by atoms with Gasteiger partial charge in [-0.1, -0.05) is 23.7 Å². The third kappa shape index (κ3) is 5.77. The fourth-order valence-corrected chi connectivity index (χ4v) is 2.57. The third-order valence-corrected chi connectivity index (χ3v) is 4.08. The van der Waals surface area contributed by atoms with Crippen molar-refractivity contribution in [3.8, 4) is 0 Å². The molecule has 0 fully saturated rings. The molecule has 0 aromatic heterocycles. The molecule has 0 aliphatic heterocycles. The molecule has 148 valence electrons. The van der Waals surface area contributed by atoms with Crippen LogP contribution in [0, 0.1) is 10.1 Å². The van der Waals surface area contributed by atoms with Crippen molar-refractivity contribution in [1.82, 2.24) is 5.32 Å². The number of carbonyl (C=O) groups is 2. The molecule has 3 N–H and O–H groups in total. The Hall–Kier alpha value is -2.97. The molecule has 9 heteroatoms. The van der Waals surface area contributed by atoms with Crippen molar-refractivity contribution in [3.05, 3.63) is 68.7 Å². The zero-order valence-electron chi connectivity index (χ0n) is 15.4. The topological polar surface area (TPSA) is 122 Å². The third-order valence-electron chi connectivity index (χ3n) is 3.85. The van der Waals surface area contributed by atoms with Crippen LogP contribution < -0.4 is 10.6 Å². The molecule has 0 saturated carbocycles. The highest BCUT2D eigenvalue weighted by Crippen LogP contribution is 2.24. The van der Waals surface area contributed by atoms with Gasteiger partial charge in [-0.3, -0.25) is 19.7 Å². The van der Waals surface area contributed by atoms with E-state index in [1.54, 1.807) is 38.1 Å². The molecule has 0 unspecified atom stereocenters. The van der Waals surface area contributed by atoms with Crippen molar-refractivity contribution < 1.29 is 19.6 Å². The normalized spacial score (nSPS) is 11.0. The summed E-state index contributed by atoms with van der Waals surface area (Å²) in [4.78, 5) is 34.8. The zero-order chi connectivity index (χ0) is 20.9. The lowest BCUT2D eigenvalue weighted by Gasteiger charge is -2.23. The fraction of sp³-hybridized carbons (Fsp3) is 0.263. The Balaban J connectivity index is 2.07. The summed E-state index contributed by atoms with van der Waals surface area (Å²) in [6.07, 6.45) is 0.109. The maximum absolute atomic E-state index is 12.4. The van der Waals surface area contributed by atoms with Gasteiger partial charge in [0.1, 0.15) is 5.56 Å². The molecule has 0 aliphatic carbocycles. The number of benzene rings is 2. The zero-order valence-corrected chi connectivity index (χ0v) is 16.1. The van der Waals surface area contributed by atoms with E-state index in [0.29, 0.717) is 11.3 Å². The number of hydrogen-bond donors (Lipinski definition) is 3. The second kappa shape index (κ2) is 8.81. The average Bonchev–Trinajstić information content (AvgIpc) is 2.62. The minimum absolute atomic E-state index is 0.109. The van der Waals surface area contributed by atoms with E-state index in [2.05, 4.69) is 10.6 Å². The van der Waals surface area contributed by atoms with Crippen LogP contribution in [0.2, 0.25) is 5.02 Å². The number of aliphatic hydroxyl groups is 1. The number of nitrogens with one attached hydrogen (secondary N) is 2. The molecule has 0 aliphatic rings. The molecule has 2 aromatic carbocycles. The molecule has 28 heavy (non-hydrogen) atoms. The number of rotatable bonds is 7. The van der Waals surface area contributed by atoms with E-state index >= 15 is 0 Å². The van der Waals surface area contributed by atoms with Crippen molar-refractivity contribution in [2.75, 3.05) is 11.9 Å². The monoisotopic (exact) mass is 405 g/mol. The first kappa shape index (κ1) is 21.3. The molecule has 0 heterocycles. The van der Waals surface area contributed by atoms with Gasteiger partial charge in [-0.05, 0) is 43.7 Å². The molecular formula is C19H20ClN3O5. The van der Waals surface area contributed by atoms with E-state index in [1.807, 2.05) is 0 Å². The van der Waals surface area contributed by atoms with Gasteiger partial charge in [0.2, 0.25) is 5.91 Å². The van der Waals surface area contributed by atoms with Crippen molar-refractivity contribution in [2.24, 2.45) is 0 Å². The first-order chi connectivity index (χ1) is 13.1. The highest BCUT2D eigenvalue weighted by Gasteiger charge is 2.21. The Morgan fingerprint density at radius 1 is 1.18 bits per heavy atom. The number of anilines is 1. The minimum Gasteiger partial charge on any atom is -0.394 e. The minimum atomic E-state index is -0.712. The van der Waals surface area contributed by atoms with E-state index < -0.39 is 16.4 Å². The van der Waals surface area contributed by atoms with Gasteiger partial charge in [0.25, 0.3) is 11.6 Å². The van der Waals surface area contributed by atoms with Crippen LogP contribution in [0.3, 0.4) is 0 Å². The van der Waals surface area contributed by atoms with Crippen molar-refractivity contribution in [1.29, 1.82) is 0 Å². The molecule has 2 aromatic rings. The maximum Gasteiger partial charge on any atom is 0.282 e. The predicted molar refractivity (Wildman–Crippen MR) is 106 cm³/mol. The number of carbonyl (C=O) groups excluding carboxylic acids is 2. The Labute approximate surface area is 166 Å². The van der Waals surface area contributed by atoms with Gasteiger partial charge >= 0.3 is 0 Å². The number of nitro groups is 1. The number of nitro benzene ring substituents is 1. The van der Waals surface area contributed by atoms with Gasteiger partial charge in [0.05, 0.1) is 23.5 Å². The lowest BCUT2D eigenvalue weighted by molar-refractivity contribution is -0.385. The van der Waals surface area contributed by atoms with E-state index in [4.69, 9.17) is 11.6 Å². The van der Waals surface area contributed by atoms with Crippen LogP contribution in [0.25, 0.3) is 0 Å². The summed E-state index contributed by atoms with van der Waals surface area (Å²) >= 11 is 5.84. The SMILES string of the molecule is CC(C)(CO)NC(=O)Cc1ccc(NC(=O)c2cc(Cl)ccc2[N+](=O)[O-])cc1. The van der Waals surface area contributed by atoms with Gasteiger partial charge in [-0.2, -0.15) is 0 Å². The molecule has 0 atom stereocenters. The predicted octanol–water partition coefficient (Wildman–Crippen LogP) is 2.93. The fourth-order valence-electron chi connectivity index (χ4n) is 2.40. The van der Waals surface area contributed by atoms with Crippen LogP contribution in [0.5, 0.6) is 0 Å². The van der Waals surface area contributed by atoms with E-state index in [0.717, 1.165) is 0 Å². The van der Waals surface area contributed by atoms with Gasteiger partial charge in [-0.15, -0.1) is 0 Å². The summed E-state index contributed by atoms with van der Waals surface area (Å²) < 4.78 is 0. The number of aliphatic hydroxyl groups excluding tert-OH is 1. The summed E-state index contributed by atoms with van der Waals surface area (Å²) in [5.74, 6) is -0.908. The van der Waals surface area contributed by atoms with Gasteiger partial charge in [0.15, 0.2) is 0 Å². The lowest BCUT2D eigenvalue weighted by atomic mass is 10.1. The van der Waals surface area contributed by atoms with Crippen LogP contribution in [-0.4, -0.2) is 34.0 Å². The number of amides is 2. The van der Waals surface area contributed by atoms with Crippen molar-refractivity contribution >= 4 is 34.8 Å². The first-order valence-electron chi connectivity index (χ1n) is 8.37.